The number of benzene rings is 3. The smallest absolute Gasteiger partial charge is 0.243 e. The number of carbonyl (C=O) groups is 2. The summed E-state index contributed by atoms with van der Waals surface area (Å²) >= 11 is 4.80. The maximum atomic E-state index is 14.0. The van der Waals surface area contributed by atoms with Gasteiger partial charge in [0.05, 0.1) is 5.75 Å². The molecule has 184 valence electrons. The van der Waals surface area contributed by atoms with Crippen molar-refractivity contribution in [2.24, 2.45) is 0 Å². The summed E-state index contributed by atoms with van der Waals surface area (Å²) in [4.78, 5) is 28.5. The van der Waals surface area contributed by atoms with E-state index in [0.29, 0.717) is 30.8 Å². The quantitative estimate of drug-likeness (QED) is 0.298. The van der Waals surface area contributed by atoms with E-state index in [-0.39, 0.29) is 23.4 Å². The van der Waals surface area contributed by atoms with Crippen molar-refractivity contribution in [3.8, 4) is 0 Å². The molecule has 2 amide bonds. The van der Waals surface area contributed by atoms with Crippen molar-refractivity contribution in [1.29, 1.82) is 0 Å². The Labute approximate surface area is 219 Å². The van der Waals surface area contributed by atoms with Gasteiger partial charge in [0, 0.05) is 29.7 Å². The Hall–Kier alpha value is -2.64. The lowest BCUT2D eigenvalue weighted by atomic mass is 10.0. The second kappa shape index (κ2) is 14.0. The number of halogens is 2. The van der Waals surface area contributed by atoms with E-state index in [1.165, 1.54) is 17.8 Å². The molecule has 0 radical (unpaired) electrons. The van der Waals surface area contributed by atoms with Crippen LogP contribution < -0.4 is 5.32 Å². The Morgan fingerprint density at radius 3 is 2.34 bits per heavy atom. The maximum Gasteiger partial charge on any atom is 0.243 e. The van der Waals surface area contributed by atoms with Gasteiger partial charge < -0.3 is 10.2 Å². The van der Waals surface area contributed by atoms with Gasteiger partial charge in [-0.15, -0.1) is 11.8 Å². The zero-order chi connectivity index (χ0) is 25.0. The topological polar surface area (TPSA) is 49.4 Å². The first-order valence-corrected chi connectivity index (χ1v) is 13.6. The van der Waals surface area contributed by atoms with Crippen molar-refractivity contribution in [1.82, 2.24) is 10.2 Å². The summed E-state index contributed by atoms with van der Waals surface area (Å²) < 4.78 is 15.0. The molecule has 3 aromatic rings. The molecule has 0 aliphatic heterocycles. The summed E-state index contributed by atoms with van der Waals surface area (Å²) in [6, 6.07) is 23.4. The van der Waals surface area contributed by atoms with E-state index in [4.69, 9.17) is 0 Å². The van der Waals surface area contributed by atoms with Crippen LogP contribution in [0.25, 0.3) is 0 Å². The molecule has 0 heterocycles. The highest BCUT2D eigenvalue weighted by Gasteiger charge is 2.30. The molecule has 1 unspecified atom stereocenters. The van der Waals surface area contributed by atoms with E-state index in [9.17, 15) is 14.0 Å². The molecular weight excluding hydrogens is 527 g/mol. The van der Waals surface area contributed by atoms with Crippen LogP contribution in [0.4, 0.5) is 4.39 Å². The van der Waals surface area contributed by atoms with Crippen LogP contribution in [0, 0.1) is 5.82 Å². The molecule has 0 aromatic heterocycles. The predicted molar refractivity (Wildman–Crippen MR) is 144 cm³/mol. The maximum absolute atomic E-state index is 14.0. The van der Waals surface area contributed by atoms with Crippen molar-refractivity contribution < 1.29 is 14.0 Å². The Kier molecular flexibility index (Phi) is 10.8. The number of carbonyl (C=O) groups excluding carboxylic acids is 2. The van der Waals surface area contributed by atoms with Gasteiger partial charge in [0.1, 0.15) is 11.9 Å². The lowest BCUT2D eigenvalue weighted by molar-refractivity contribution is -0.139. The third-order valence-corrected chi connectivity index (χ3v) is 7.02. The molecule has 0 saturated carbocycles. The van der Waals surface area contributed by atoms with Crippen LogP contribution in [0.15, 0.2) is 83.3 Å². The number of hydrogen-bond acceptors (Lipinski definition) is 3. The number of rotatable bonds is 12. The third-order valence-electron chi connectivity index (χ3n) is 5.53. The number of nitrogens with zero attached hydrogens (tertiary/aromatic N) is 1. The first-order chi connectivity index (χ1) is 17.0. The average molecular weight is 558 g/mol. The zero-order valence-corrected chi connectivity index (χ0v) is 22.2. The molecule has 3 aromatic carbocycles. The van der Waals surface area contributed by atoms with E-state index < -0.39 is 6.04 Å². The van der Waals surface area contributed by atoms with Gasteiger partial charge in [0.15, 0.2) is 0 Å². The Balaban J connectivity index is 1.83. The highest BCUT2D eigenvalue weighted by Crippen LogP contribution is 2.20. The fraction of sp³-hybridized carbons (Fsp3) is 0.286. The minimum atomic E-state index is -0.658. The normalized spacial score (nSPS) is 11.6. The van der Waals surface area contributed by atoms with Crippen LogP contribution in [0.2, 0.25) is 0 Å². The molecule has 0 fully saturated rings. The molecule has 1 N–H and O–H groups in total. The Morgan fingerprint density at radius 2 is 1.66 bits per heavy atom. The molecule has 0 bridgehead atoms. The summed E-state index contributed by atoms with van der Waals surface area (Å²) in [6.45, 7) is 2.85. The molecule has 7 heteroatoms. The van der Waals surface area contributed by atoms with Gasteiger partial charge in [-0.25, -0.2) is 4.39 Å². The second-order valence-corrected chi connectivity index (χ2v) is 10.1. The summed E-state index contributed by atoms with van der Waals surface area (Å²) in [7, 11) is 0. The number of nitrogens with one attached hydrogen (secondary N) is 1. The van der Waals surface area contributed by atoms with E-state index in [1.807, 2.05) is 61.5 Å². The van der Waals surface area contributed by atoms with Crippen molar-refractivity contribution in [3.63, 3.8) is 0 Å². The van der Waals surface area contributed by atoms with E-state index in [0.717, 1.165) is 22.0 Å². The molecule has 3 rings (SSSR count). The molecule has 1 atom stereocenters. The minimum Gasteiger partial charge on any atom is -0.354 e. The van der Waals surface area contributed by atoms with Crippen LogP contribution in [-0.2, 0) is 28.3 Å². The van der Waals surface area contributed by atoms with Gasteiger partial charge in [0.2, 0.25) is 11.8 Å². The molecule has 0 spiro atoms. The Bertz CT molecular complexity index is 1100. The van der Waals surface area contributed by atoms with Gasteiger partial charge >= 0.3 is 0 Å². The standard InChI is InChI=1S/C28H30BrFN2O2S/c1-2-16-31-28(34)26(17-21-8-4-3-5-9-21)32(18-22-12-14-24(29)15-13-22)27(33)20-35-19-23-10-6-7-11-25(23)30/h3-15,26H,2,16-20H2,1H3,(H,31,34). The second-order valence-electron chi connectivity index (χ2n) is 8.23. The predicted octanol–water partition coefficient (Wildman–Crippen LogP) is 5.99. The lowest BCUT2D eigenvalue weighted by Gasteiger charge is -2.31. The van der Waals surface area contributed by atoms with Gasteiger partial charge in [-0.2, -0.15) is 0 Å². The molecular formula is C28H30BrFN2O2S. The third kappa shape index (κ3) is 8.51. The minimum absolute atomic E-state index is 0.150. The summed E-state index contributed by atoms with van der Waals surface area (Å²) in [5.74, 6) is -0.0604. The van der Waals surface area contributed by atoms with Gasteiger partial charge in [0.25, 0.3) is 0 Å². The summed E-state index contributed by atoms with van der Waals surface area (Å²) in [5.41, 5.74) is 2.48. The van der Waals surface area contributed by atoms with Gasteiger partial charge in [-0.3, -0.25) is 9.59 Å². The SMILES string of the molecule is CCCNC(=O)C(Cc1ccccc1)N(Cc1ccc(Br)cc1)C(=O)CSCc1ccccc1F. The fourth-order valence-electron chi connectivity index (χ4n) is 3.65. The molecule has 0 saturated heterocycles. The van der Waals surface area contributed by atoms with Gasteiger partial charge in [-0.1, -0.05) is 83.5 Å². The summed E-state index contributed by atoms with van der Waals surface area (Å²) in [5, 5.41) is 2.98. The fourth-order valence-corrected chi connectivity index (χ4v) is 4.81. The monoisotopic (exact) mass is 556 g/mol. The van der Waals surface area contributed by atoms with Crippen LogP contribution in [0.1, 0.15) is 30.0 Å². The van der Waals surface area contributed by atoms with Crippen molar-refractivity contribution >= 4 is 39.5 Å². The average Bonchev–Trinajstić information content (AvgIpc) is 2.87. The van der Waals surface area contributed by atoms with Crippen LogP contribution in [0.5, 0.6) is 0 Å². The van der Waals surface area contributed by atoms with E-state index in [1.54, 1.807) is 23.1 Å². The summed E-state index contributed by atoms with van der Waals surface area (Å²) in [6.07, 6.45) is 1.22. The number of hydrogen-bond donors (Lipinski definition) is 1. The zero-order valence-electron chi connectivity index (χ0n) is 19.8. The van der Waals surface area contributed by atoms with Crippen molar-refractivity contribution in [2.75, 3.05) is 12.3 Å². The molecule has 35 heavy (non-hydrogen) atoms. The highest BCUT2D eigenvalue weighted by molar-refractivity contribution is 9.10. The van der Waals surface area contributed by atoms with Crippen molar-refractivity contribution in [3.05, 3.63) is 106 Å². The molecule has 4 nitrogen and oxygen atoms in total. The van der Waals surface area contributed by atoms with E-state index >= 15 is 0 Å². The van der Waals surface area contributed by atoms with Crippen LogP contribution in [-0.4, -0.2) is 35.1 Å². The van der Waals surface area contributed by atoms with E-state index in [2.05, 4.69) is 21.2 Å². The lowest BCUT2D eigenvalue weighted by Crippen LogP contribution is -2.51. The van der Waals surface area contributed by atoms with Crippen LogP contribution in [0.3, 0.4) is 0 Å². The molecule has 0 aliphatic carbocycles. The highest BCUT2D eigenvalue weighted by atomic mass is 79.9. The first kappa shape index (κ1) is 27.0. The van der Waals surface area contributed by atoms with Gasteiger partial charge in [-0.05, 0) is 41.3 Å². The van der Waals surface area contributed by atoms with Crippen molar-refractivity contribution in [2.45, 2.75) is 38.1 Å². The molecule has 0 aliphatic rings. The first-order valence-electron chi connectivity index (χ1n) is 11.6. The Morgan fingerprint density at radius 1 is 0.971 bits per heavy atom. The number of amides is 2. The largest absolute Gasteiger partial charge is 0.354 e. The van der Waals surface area contributed by atoms with Crippen LogP contribution >= 0.6 is 27.7 Å². The number of thioether (sulfide) groups is 1.